The molecule has 0 atom stereocenters. The van der Waals surface area contributed by atoms with E-state index in [-0.39, 0.29) is 18.0 Å². The fourth-order valence-corrected chi connectivity index (χ4v) is 2.61. The number of rotatable bonds is 6. The summed E-state index contributed by atoms with van der Waals surface area (Å²) in [5, 5.41) is 5.97. The Morgan fingerprint density at radius 1 is 1.40 bits per heavy atom. The Morgan fingerprint density at radius 2 is 2.12 bits per heavy atom. The highest BCUT2D eigenvalue weighted by molar-refractivity contribution is 5.92. The van der Waals surface area contributed by atoms with Gasteiger partial charge in [0.05, 0.1) is 6.61 Å². The molecule has 0 radical (unpaired) electrons. The van der Waals surface area contributed by atoms with E-state index in [0.29, 0.717) is 56.4 Å². The van der Waals surface area contributed by atoms with Gasteiger partial charge in [-0.25, -0.2) is 14.8 Å². The molecule has 1 aromatic heterocycles. The van der Waals surface area contributed by atoms with Crippen LogP contribution < -0.4 is 10.6 Å². The number of likely N-dealkylation sites (tertiary alicyclic amines) is 1. The zero-order valence-electron chi connectivity index (χ0n) is 14.7. The molecular formula is C17H25N5O3. The van der Waals surface area contributed by atoms with Gasteiger partial charge in [0, 0.05) is 31.4 Å². The molecular weight excluding hydrogens is 322 g/mol. The van der Waals surface area contributed by atoms with Gasteiger partial charge in [0.2, 0.25) is 5.95 Å². The van der Waals surface area contributed by atoms with Crippen molar-refractivity contribution < 1.29 is 14.3 Å². The second-order valence-electron chi connectivity index (χ2n) is 5.82. The van der Waals surface area contributed by atoms with Crippen molar-refractivity contribution in [3.05, 3.63) is 30.1 Å². The number of aromatic nitrogens is 2. The maximum absolute atomic E-state index is 12.5. The van der Waals surface area contributed by atoms with Gasteiger partial charge in [0.25, 0.3) is 5.91 Å². The van der Waals surface area contributed by atoms with Gasteiger partial charge in [-0.1, -0.05) is 6.08 Å². The number of carbonyl (C=O) groups is 2. The summed E-state index contributed by atoms with van der Waals surface area (Å²) in [5.41, 5.74) is 1.04. The zero-order chi connectivity index (χ0) is 18.2. The molecule has 1 aliphatic rings. The topological polar surface area (TPSA) is 96.5 Å². The lowest BCUT2D eigenvalue weighted by Gasteiger charge is -2.31. The van der Waals surface area contributed by atoms with E-state index in [9.17, 15) is 9.59 Å². The predicted octanol–water partition coefficient (Wildman–Crippen LogP) is 1.73. The highest BCUT2D eigenvalue weighted by Gasteiger charge is 2.25. The van der Waals surface area contributed by atoms with Crippen LogP contribution in [-0.4, -0.2) is 59.2 Å². The van der Waals surface area contributed by atoms with Crippen LogP contribution in [0.15, 0.2) is 18.7 Å². The first-order valence-electron chi connectivity index (χ1n) is 8.46. The number of aryl methyl sites for hydroxylation is 1. The third-order valence-electron chi connectivity index (χ3n) is 3.85. The van der Waals surface area contributed by atoms with Gasteiger partial charge in [-0.3, -0.25) is 4.79 Å². The first-order chi connectivity index (χ1) is 12.0. The largest absolute Gasteiger partial charge is 0.450 e. The molecule has 1 saturated heterocycles. The number of hydrogen-bond acceptors (Lipinski definition) is 6. The molecule has 0 spiro atoms. The van der Waals surface area contributed by atoms with Gasteiger partial charge in [-0.15, -0.1) is 6.58 Å². The van der Waals surface area contributed by atoms with Crippen LogP contribution in [0.2, 0.25) is 0 Å². The highest BCUT2D eigenvalue weighted by Crippen LogP contribution is 2.13. The van der Waals surface area contributed by atoms with Crippen LogP contribution in [0.25, 0.3) is 0 Å². The molecule has 8 heteroatoms. The van der Waals surface area contributed by atoms with E-state index >= 15 is 0 Å². The summed E-state index contributed by atoms with van der Waals surface area (Å²) in [6.45, 7) is 9.26. The summed E-state index contributed by atoms with van der Waals surface area (Å²) in [5.74, 6) is 0.170. The maximum atomic E-state index is 12.5. The SMILES string of the molecule is C=CCNc1nc(C)cc(C(=O)NC2CCN(C(=O)OCC)CC2)n1. The van der Waals surface area contributed by atoms with E-state index in [1.165, 1.54) is 0 Å². The fraction of sp³-hybridized carbons (Fsp3) is 0.529. The summed E-state index contributed by atoms with van der Waals surface area (Å²) in [6.07, 6.45) is 2.78. The molecule has 0 saturated carbocycles. The summed E-state index contributed by atoms with van der Waals surface area (Å²) >= 11 is 0. The van der Waals surface area contributed by atoms with E-state index < -0.39 is 0 Å². The first-order valence-corrected chi connectivity index (χ1v) is 8.46. The van der Waals surface area contributed by atoms with Crippen molar-refractivity contribution in [2.45, 2.75) is 32.7 Å². The smallest absolute Gasteiger partial charge is 0.409 e. The second-order valence-corrected chi connectivity index (χ2v) is 5.82. The second kappa shape index (κ2) is 9.00. The average molecular weight is 347 g/mol. The Balaban J connectivity index is 1.91. The summed E-state index contributed by atoms with van der Waals surface area (Å²) < 4.78 is 4.99. The van der Waals surface area contributed by atoms with Gasteiger partial charge in [0.15, 0.2) is 0 Å². The van der Waals surface area contributed by atoms with Crippen LogP contribution in [0.5, 0.6) is 0 Å². The molecule has 1 aliphatic heterocycles. The number of anilines is 1. The number of ether oxygens (including phenoxy) is 1. The first kappa shape index (κ1) is 18.7. The Bertz CT molecular complexity index is 627. The minimum Gasteiger partial charge on any atom is -0.450 e. The summed E-state index contributed by atoms with van der Waals surface area (Å²) in [6, 6.07) is 1.67. The monoisotopic (exact) mass is 347 g/mol. The lowest BCUT2D eigenvalue weighted by molar-refractivity contribution is 0.0856. The van der Waals surface area contributed by atoms with E-state index in [1.807, 2.05) is 6.92 Å². The normalized spacial score (nSPS) is 14.7. The molecule has 0 aromatic carbocycles. The van der Waals surface area contributed by atoms with Crippen LogP contribution >= 0.6 is 0 Å². The summed E-state index contributed by atoms with van der Waals surface area (Å²) in [4.78, 5) is 34.3. The molecule has 0 aliphatic carbocycles. The highest BCUT2D eigenvalue weighted by atomic mass is 16.6. The van der Waals surface area contributed by atoms with Crippen molar-refractivity contribution in [2.75, 3.05) is 31.6 Å². The number of carbonyl (C=O) groups excluding carboxylic acids is 2. The number of nitrogens with one attached hydrogen (secondary N) is 2. The standard InChI is InChI=1S/C17H25N5O3/c1-4-8-18-16-19-12(3)11-14(21-16)15(23)20-13-6-9-22(10-7-13)17(24)25-5-2/h4,11,13H,1,5-10H2,2-3H3,(H,20,23)(H,18,19,21). The summed E-state index contributed by atoms with van der Waals surface area (Å²) in [7, 11) is 0. The molecule has 136 valence electrons. The maximum Gasteiger partial charge on any atom is 0.409 e. The molecule has 0 unspecified atom stereocenters. The molecule has 2 amide bonds. The van der Waals surface area contributed by atoms with E-state index in [2.05, 4.69) is 27.2 Å². The number of nitrogens with zero attached hydrogens (tertiary/aromatic N) is 3. The van der Waals surface area contributed by atoms with Crippen LogP contribution in [0, 0.1) is 6.92 Å². The van der Waals surface area contributed by atoms with Crippen LogP contribution in [0.4, 0.5) is 10.7 Å². The van der Waals surface area contributed by atoms with Crippen molar-refractivity contribution in [3.63, 3.8) is 0 Å². The Morgan fingerprint density at radius 3 is 2.76 bits per heavy atom. The lowest BCUT2D eigenvalue weighted by atomic mass is 10.1. The van der Waals surface area contributed by atoms with Crippen molar-refractivity contribution >= 4 is 17.9 Å². The van der Waals surface area contributed by atoms with E-state index in [0.717, 1.165) is 0 Å². The van der Waals surface area contributed by atoms with Crippen LogP contribution in [-0.2, 0) is 4.74 Å². The quantitative estimate of drug-likeness (QED) is 0.761. The molecule has 2 N–H and O–H groups in total. The van der Waals surface area contributed by atoms with Crippen molar-refractivity contribution in [1.29, 1.82) is 0 Å². The predicted molar refractivity (Wildman–Crippen MR) is 94.5 cm³/mol. The Hall–Kier alpha value is -2.64. The average Bonchev–Trinajstić information content (AvgIpc) is 2.60. The van der Waals surface area contributed by atoms with Gasteiger partial charge >= 0.3 is 6.09 Å². The molecule has 1 aromatic rings. The van der Waals surface area contributed by atoms with Gasteiger partial charge in [0.1, 0.15) is 5.69 Å². The molecule has 0 bridgehead atoms. The van der Waals surface area contributed by atoms with Gasteiger partial charge in [-0.05, 0) is 32.8 Å². The minimum absolute atomic E-state index is 0.0121. The zero-order valence-corrected chi connectivity index (χ0v) is 14.7. The molecule has 1 fully saturated rings. The van der Waals surface area contributed by atoms with Gasteiger partial charge in [-0.2, -0.15) is 0 Å². The van der Waals surface area contributed by atoms with Gasteiger partial charge < -0.3 is 20.3 Å². The molecule has 2 heterocycles. The molecule has 8 nitrogen and oxygen atoms in total. The van der Waals surface area contributed by atoms with Crippen molar-refractivity contribution in [3.8, 4) is 0 Å². The third kappa shape index (κ3) is 5.44. The van der Waals surface area contributed by atoms with E-state index in [1.54, 1.807) is 24.0 Å². The lowest BCUT2D eigenvalue weighted by Crippen LogP contribution is -2.46. The number of amides is 2. The number of piperidine rings is 1. The van der Waals surface area contributed by atoms with Crippen molar-refractivity contribution in [1.82, 2.24) is 20.2 Å². The number of hydrogen-bond donors (Lipinski definition) is 2. The molecule has 2 rings (SSSR count). The van der Waals surface area contributed by atoms with E-state index in [4.69, 9.17) is 4.74 Å². The minimum atomic E-state index is -0.295. The Labute approximate surface area is 147 Å². The third-order valence-corrected chi connectivity index (χ3v) is 3.85. The Kier molecular flexibility index (Phi) is 6.73. The van der Waals surface area contributed by atoms with Crippen molar-refractivity contribution in [2.24, 2.45) is 0 Å². The molecule has 25 heavy (non-hydrogen) atoms. The van der Waals surface area contributed by atoms with Crippen LogP contribution in [0.1, 0.15) is 35.9 Å². The van der Waals surface area contributed by atoms with Crippen LogP contribution in [0.3, 0.4) is 0 Å². The fourth-order valence-electron chi connectivity index (χ4n) is 2.61.